The fraction of sp³-hybridized carbons (Fsp3) is 1.00. The Morgan fingerprint density at radius 1 is 0.706 bits per heavy atom. The molecule has 0 spiro atoms. The van der Waals surface area contributed by atoms with Crippen LogP contribution in [0.15, 0.2) is 0 Å². The van der Waals surface area contributed by atoms with Gasteiger partial charge in [0, 0.05) is 0 Å². The molecule has 0 radical (unpaired) electrons. The quantitative estimate of drug-likeness (QED) is 0.480. The van der Waals surface area contributed by atoms with Crippen LogP contribution < -0.4 is 0 Å². The Hall–Kier alpha value is -0.210. The summed E-state index contributed by atoms with van der Waals surface area (Å²) in [6, 6.07) is 0. The van der Waals surface area contributed by atoms with Gasteiger partial charge >= 0.3 is 0 Å². The lowest BCUT2D eigenvalue weighted by atomic mass is 10.3. The van der Waals surface area contributed by atoms with E-state index in [9.17, 15) is 13.2 Å². The fourth-order valence-electron chi connectivity index (χ4n) is 0.344. The molecule has 0 fully saturated rings. The van der Waals surface area contributed by atoms with Crippen molar-refractivity contribution in [1.82, 2.24) is 0 Å². The minimum Gasteiger partial charge on any atom is -0.255 e. The van der Waals surface area contributed by atoms with E-state index in [1.54, 1.807) is 0 Å². The van der Waals surface area contributed by atoms with Crippen molar-refractivity contribution >= 4 is 0 Å². The van der Waals surface area contributed by atoms with Crippen molar-refractivity contribution in [2.45, 2.75) is 75.7 Å². The first kappa shape index (κ1) is 43.7. The van der Waals surface area contributed by atoms with Crippen molar-refractivity contribution in [3.8, 4) is 0 Å². The monoisotopic (exact) mass is 264 g/mol. The lowest BCUT2D eigenvalue weighted by Gasteiger charge is -1.84. The van der Waals surface area contributed by atoms with Gasteiger partial charge < -0.3 is 0 Å². The van der Waals surface area contributed by atoms with E-state index < -0.39 is 0 Å². The highest BCUT2D eigenvalue weighted by molar-refractivity contribution is 4.31. The highest BCUT2D eigenvalue weighted by atomic mass is 19.1. The van der Waals surface area contributed by atoms with E-state index in [-0.39, 0.29) is 28.2 Å². The molecule has 0 saturated heterocycles. The summed E-state index contributed by atoms with van der Waals surface area (Å²) >= 11 is 0. The molecule has 0 unspecified atom stereocenters. The van der Waals surface area contributed by atoms with Gasteiger partial charge in [0.2, 0.25) is 0 Å². The van der Waals surface area contributed by atoms with E-state index in [1.165, 1.54) is 6.92 Å². The van der Waals surface area contributed by atoms with Crippen LogP contribution >= 0.6 is 0 Å². The minimum atomic E-state index is -0.250. The maximum Gasteiger partial charge on any atom is 0.0894 e. The third-order valence-electron chi connectivity index (χ3n) is 0.737. The van der Waals surface area contributed by atoms with Crippen molar-refractivity contribution in [2.75, 3.05) is 20.5 Å². The van der Waals surface area contributed by atoms with Gasteiger partial charge in [-0.2, -0.15) is 0 Å². The van der Waals surface area contributed by atoms with E-state index in [2.05, 4.69) is 6.92 Å². The predicted octanol–water partition coefficient (Wildman–Crippen LogP) is 7.03. The molecule has 17 heavy (non-hydrogen) atoms. The second-order valence-corrected chi connectivity index (χ2v) is 1.66. The first-order chi connectivity index (χ1) is 7.33. The molecule has 0 heterocycles. The Kier molecular flexibility index (Phi) is 387. The summed E-state index contributed by atoms with van der Waals surface area (Å²) in [6.07, 6.45) is 2.90. The first-order valence-electron chi connectivity index (χ1n) is 5.83. The SMILES string of the molecule is C.C.CC.CC.CCCCCF.CCF.CF. The topological polar surface area (TPSA) is 0 Å². The smallest absolute Gasteiger partial charge is 0.0894 e. The van der Waals surface area contributed by atoms with Gasteiger partial charge in [0.1, 0.15) is 0 Å². The summed E-state index contributed by atoms with van der Waals surface area (Å²) in [6.45, 7) is 11.1. The molecule has 0 aliphatic rings. The molecule has 0 nitrogen and oxygen atoms in total. The zero-order valence-corrected chi connectivity index (χ0v) is 11.7. The molecular formula is C14H39F3. The number of rotatable bonds is 3. The van der Waals surface area contributed by atoms with Crippen LogP contribution in [0.1, 0.15) is 75.7 Å². The molecule has 0 aliphatic heterocycles. The summed E-state index contributed by atoms with van der Waals surface area (Å²) in [5.41, 5.74) is 0. The van der Waals surface area contributed by atoms with Crippen LogP contribution in [0.3, 0.4) is 0 Å². The summed E-state index contributed by atoms with van der Waals surface area (Å²) < 4.78 is 31.0. The van der Waals surface area contributed by atoms with E-state index in [4.69, 9.17) is 0 Å². The predicted molar refractivity (Wildman–Crippen MR) is 80.3 cm³/mol. The second-order valence-electron chi connectivity index (χ2n) is 1.66. The Bertz CT molecular complexity index is 30.6. The summed E-state index contributed by atoms with van der Waals surface area (Å²) in [4.78, 5) is 0. The standard InChI is InChI=1S/C5H11F.C2H5F.2C2H6.CH3F.2CH4/c1-2-3-4-5-6;1-2-3;3*1-2;;/h2-5H2,1H3;2H2,1H3;2*1-2H3;1H3;2*1H4. The van der Waals surface area contributed by atoms with Gasteiger partial charge in [0.15, 0.2) is 0 Å². The Labute approximate surface area is 110 Å². The van der Waals surface area contributed by atoms with Crippen LogP contribution in [0.5, 0.6) is 0 Å². The van der Waals surface area contributed by atoms with Crippen LogP contribution in [0, 0.1) is 0 Å². The van der Waals surface area contributed by atoms with Gasteiger partial charge in [-0.1, -0.05) is 62.3 Å². The van der Waals surface area contributed by atoms with E-state index in [0.29, 0.717) is 7.18 Å². The van der Waals surface area contributed by atoms with Gasteiger partial charge in [-0.25, -0.2) is 0 Å². The number of hydrogen-bond acceptors (Lipinski definition) is 0. The highest BCUT2D eigenvalue weighted by Crippen LogP contribution is 1.91. The van der Waals surface area contributed by atoms with Crippen LogP contribution in [-0.2, 0) is 0 Å². The first-order valence-corrected chi connectivity index (χ1v) is 5.83. The van der Waals surface area contributed by atoms with Crippen molar-refractivity contribution in [1.29, 1.82) is 0 Å². The molecule has 0 atom stereocenters. The normalized spacial score (nSPS) is 5.29. The van der Waals surface area contributed by atoms with Crippen LogP contribution in [0.25, 0.3) is 0 Å². The molecule has 116 valence electrons. The second kappa shape index (κ2) is 151. The summed E-state index contributed by atoms with van der Waals surface area (Å²) in [5, 5.41) is 0. The van der Waals surface area contributed by atoms with E-state index in [1.807, 2.05) is 27.7 Å². The molecule has 0 amide bonds. The Morgan fingerprint density at radius 2 is 0.941 bits per heavy atom. The molecule has 0 aromatic heterocycles. The van der Waals surface area contributed by atoms with Crippen molar-refractivity contribution in [2.24, 2.45) is 0 Å². The van der Waals surface area contributed by atoms with Crippen LogP contribution in [0.4, 0.5) is 13.2 Å². The highest BCUT2D eigenvalue weighted by Gasteiger charge is 1.78. The molecule has 3 heteroatoms. The third-order valence-corrected chi connectivity index (χ3v) is 0.737. The molecule has 0 aliphatic carbocycles. The van der Waals surface area contributed by atoms with Gasteiger partial charge in [-0.15, -0.1) is 0 Å². The zero-order chi connectivity index (χ0) is 13.5. The summed E-state index contributed by atoms with van der Waals surface area (Å²) in [5.74, 6) is 0. The van der Waals surface area contributed by atoms with Crippen LogP contribution in [0.2, 0.25) is 0 Å². The minimum absolute atomic E-state index is 0. The molecule has 0 N–H and O–H groups in total. The lowest BCUT2D eigenvalue weighted by molar-refractivity contribution is 0.460. The Balaban J connectivity index is -0.0000000159. The molecule has 0 aromatic carbocycles. The molecule has 0 saturated carbocycles. The average molecular weight is 264 g/mol. The molecule has 0 aromatic rings. The van der Waals surface area contributed by atoms with Gasteiger partial charge in [-0.3, -0.25) is 13.2 Å². The maximum absolute atomic E-state index is 11.2. The largest absolute Gasteiger partial charge is 0.255 e. The van der Waals surface area contributed by atoms with Crippen LogP contribution in [-0.4, -0.2) is 20.5 Å². The fourth-order valence-corrected chi connectivity index (χ4v) is 0.344. The summed E-state index contributed by atoms with van der Waals surface area (Å²) in [7, 11) is 0.500. The third kappa shape index (κ3) is 386. The van der Waals surface area contributed by atoms with Crippen molar-refractivity contribution in [3.63, 3.8) is 0 Å². The average Bonchev–Trinajstić information content (AvgIpc) is 2.35. The van der Waals surface area contributed by atoms with Gasteiger partial charge in [-0.05, 0) is 13.3 Å². The number of halogens is 3. The van der Waals surface area contributed by atoms with Gasteiger partial charge in [0.05, 0.1) is 20.5 Å². The molecule has 0 bridgehead atoms. The number of alkyl halides is 3. The molecular weight excluding hydrogens is 225 g/mol. The Morgan fingerprint density at radius 3 is 1.00 bits per heavy atom. The number of hydrogen-bond donors (Lipinski definition) is 0. The van der Waals surface area contributed by atoms with E-state index >= 15 is 0 Å². The van der Waals surface area contributed by atoms with Crippen molar-refractivity contribution < 1.29 is 13.2 Å². The maximum atomic E-state index is 11.2. The van der Waals surface area contributed by atoms with Crippen molar-refractivity contribution in [3.05, 3.63) is 0 Å². The number of unbranched alkanes of at least 4 members (excludes halogenated alkanes) is 2. The van der Waals surface area contributed by atoms with E-state index in [0.717, 1.165) is 19.3 Å². The zero-order valence-electron chi connectivity index (χ0n) is 11.7. The lowest BCUT2D eigenvalue weighted by Crippen LogP contribution is -1.72. The molecule has 0 rings (SSSR count). The van der Waals surface area contributed by atoms with Gasteiger partial charge in [0.25, 0.3) is 0 Å².